The maximum absolute atomic E-state index is 12.1. The van der Waals surface area contributed by atoms with Gasteiger partial charge < -0.3 is 5.11 Å². The molecule has 1 N–H and O–H groups in total. The molecule has 5 rings (SSSR count). The van der Waals surface area contributed by atoms with Crippen molar-refractivity contribution in [1.82, 2.24) is 19.5 Å². The number of carboxylic acids is 1. The fourth-order valence-corrected chi connectivity index (χ4v) is 4.19. The summed E-state index contributed by atoms with van der Waals surface area (Å²) in [7, 11) is 0. The minimum Gasteiger partial charge on any atom is -0.478 e. The Kier molecular flexibility index (Phi) is 4.45. The molecule has 0 saturated heterocycles. The molecule has 7 heteroatoms. The molecular formula is C24H17ClN4O2. The summed E-state index contributed by atoms with van der Waals surface area (Å²) in [5.41, 5.74) is 5.31. The first-order valence-corrected chi connectivity index (χ1v) is 10.0. The Balaban J connectivity index is 1.91. The van der Waals surface area contributed by atoms with E-state index in [0.29, 0.717) is 27.4 Å². The van der Waals surface area contributed by atoms with Gasteiger partial charge >= 0.3 is 5.97 Å². The highest BCUT2D eigenvalue weighted by Gasteiger charge is 2.20. The van der Waals surface area contributed by atoms with Crippen LogP contribution in [0.3, 0.4) is 0 Å². The molecule has 0 spiro atoms. The van der Waals surface area contributed by atoms with E-state index in [1.54, 1.807) is 18.5 Å². The molecule has 6 nitrogen and oxygen atoms in total. The highest BCUT2D eigenvalue weighted by atomic mass is 35.5. The summed E-state index contributed by atoms with van der Waals surface area (Å²) < 4.78 is 1.97. The number of aryl methyl sites for hydroxylation is 2. The van der Waals surface area contributed by atoms with Crippen molar-refractivity contribution in [2.75, 3.05) is 0 Å². The molecule has 0 atom stereocenters. The highest BCUT2D eigenvalue weighted by molar-refractivity contribution is 6.35. The van der Waals surface area contributed by atoms with Gasteiger partial charge in [-0.1, -0.05) is 23.7 Å². The van der Waals surface area contributed by atoms with Gasteiger partial charge in [-0.05, 0) is 61.4 Å². The molecule has 0 aliphatic carbocycles. The van der Waals surface area contributed by atoms with Crippen LogP contribution in [0.15, 0.2) is 60.9 Å². The van der Waals surface area contributed by atoms with Gasteiger partial charge in [-0.3, -0.25) is 14.5 Å². The van der Waals surface area contributed by atoms with Crippen molar-refractivity contribution < 1.29 is 9.90 Å². The van der Waals surface area contributed by atoms with Crippen LogP contribution < -0.4 is 0 Å². The number of aromatic nitrogens is 4. The molecule has 3 heterocycles. The summed E-state index contributed by atoms with van der Waals surface area (Å²) in [6, 6.07) is 14.9. The zero-order valence-electron chi connectivity index (χ0n) is 16.8. The van der Waals surface area contributed by atoms with Crippen molar-refractivity contribution in [1.29, 1.82) is 0 Å². The van der Waals surface area contributed by atoms with Gasteiger partial charge in [0.1, 0.15) is 11.3 Å². The number of imidazole rings is 1. The number of para-hydroxylation sites is 1. The fraction of sp³-hybridized carbons (Fsp3) is 0.0833. The Labute approximate surface area is 182 Å². The predicted molar refractivity (Wildman–Crippen MR) is 121 cm³/mol. The van der Waals surface area contributed by atoms with E-state index in [1.807, 2.05) is 60.9 Å². The molecule has 0 aliphatic heterocycles. The third-order valence-electron chi connectivity index (χ3n) is 5.31. The lowest BCUT2D eigenvalue weighted by molar-refractivity contribution is 0.0699. The molecular weight excluding hydrogens is 412 g/mol. The molecule has 0 radical (unpaired) electrons. The third kappa shape index (κ3) is 3.12. The Morgan fingerprint density at radius 2 is 1.74 bits per heavy atom. The van der Waals surface area contributed by atoms with Crippen molar-refractivity contribution in [3.05, 3.63) is 83.0 Å². The van der Waals surface area contributed by atoms with Crippen molar-refractivity contribution in [3.63, 3.8) is 0 Å². The summed E-state index contributed by atoms with van der Waals surface area (Å²) >= 11 is 6.42. The standard InChI is InChI=1S/C24H17ClN4O2/c1-13-10-20(17-4-3-5-19(25)22(17)27-13)29-14(2)28-23-18(24(30)31)11-16(12-21(23)29)15-6-8-26-9-7-15/h3-12H,1-2H3,(H,30,31). The van der Waals surface area contributed by atoms with Crippen LogP contribution in [0.25, 0.3) is 38.8 Å². The van der Waals surface area contributed by atoms with E-state index in [9.17, 15) is 9.90 Å². The number of carbonyl (C=O) groups is 1. The van der Waals surface area contributed by atoms with E-state index in [0.717, 1.165) is 27.9 Å². The topological polar surface area (TPSA) is 80.9 Å². The number of carboxylic acid groups (broad SMARTS) is 1. The number of pyridine rings is 2. The minimum atomic E-state index is -1.02. The molecule has 0 aliphatic rings. The molecule has 5 aromatic rings. The van der Waals surface area contributed by atoms with Crippen LogP contribution in [0.4, 0.5) is 0 Å². The van der Waals surface area contributed by atoms with E-state index in [4.69, 9.17) is 11.6 Å². The average Bonchev–Trinajstić information content (AvgIpc) is 3.09. The predicted octanol–water partition coefficient (Wildman–Crippen LogP) is 5.60. The Morgan fingerprint density at radius 3 is 2.48 bits per heavy atom. The second-order valence-corrected chi connectivity index (χ2v) is 7.75. The molecule has 152 valence electrons. The van der Waals surface area contributed by atoms with Gasteiger partial charge in [0, 0.05) is 23.5 Å². The van der Waals surface area contributed by atoms with Crippen LogP contribution in [0.1, 0.15) is 21.9 Å². The number of hydrogen-bond acceptors (Lipinski definition) is 4. The van der Waals surface area contributed by atoms with E-state index in [2.05, 4.69) is 15.0 Å². The number of rotatable bonds is 3. The van der Waals surface area contributed by atoms with Crippen LogP contribution in [-0.4, -0.2) is 30.6 Å². The van der Waals surface area contributed by atoms with E-state index in [1.165, 1.54) is 0 Å². The lowest BCUT2D eigenvalue weighted by Gasteiger charge is -2.13. The summed E-state index contributed by atoms with van der Waals surface area (Å²) in [6.07, 6.45) is 3.37. The smallest absolute Gasteiger partial charge is 0.337 e. The monoisotopic (exact) mass is 428 g/mol. The second-order valence-electron chi connectivity index (χ2n) is 7.35. The fourth-order valence-electron chi connectivity index (χ4n) is 3.98. The maximum atomic E-state index is 12.1. The van der Waals surface area contributed by atoms with Crippen molar-refractivity contribution >= 4 is 39.5 Å². The molecule has 3 aromatic heterocycles. The number of halogens is 1. The largest absolute Gasteiger partial charge is 0.478 e. The molecule has 31 heavy (non-hydrogen) atoms. The SMILES string of the molecule is Cc1cc(-n2c(C)nc3c(C(=O)O)cc(-c4ccncc4)cc32)c2cccc(Cl)c2n1. The number of fused-ring (bicyclic) bond motifs is 2. The molecule has 2 aromatic carbocycles. The van der Waals surface area contributed by atoms with Crippen molar-refractivity contribution in [2.45, 2.75) is 13.8 Å². The number of benzene rings is 2. The van der Waals surface area contributed by atoms with E-state index < -0.39 is 5.97 Å². The van der Waals surface area contributed by atoms with E-state index in [-0.39, 0.29) is 5.56 Å². The van der Waals surface area contributed by atoms with Gasteiger partial charge in [0.2, 0.25) is 0 Å². The summed E-state index contributed by atoms with van der Waals surface area (Å²) in [6.45, 7) is 3.77. The zero-order valence-corrected chi connectivity index (χ0v) is 17.6. The van der Waals surface area contributed by atoms with E-state index >= 15 is 0 Å². The maximum Gasteiger partial charge on any atom is 0.337 e. The molecule has 0 fully saturated rings. The van der Waals surface area contributed by atoms with Crippen LogP contribution >= 0.6 is 11.6 Å². The summed E-state index contributed by atoms with van der Waals surface area (Å²) in [5.74, 6) is -0.347. The Morgan fingerprint density at radius 1 is 0.968 bits per heavy atom. The van der Waals surface area contributed by atoms with Gasteiger partial charge in [-0.2, -0.15) is 0 Å². The molecule has 0 amide bonds. The van der Waals surface area contributed by atoms with Crippen LogP contribution in [-0.2, 0) is 0 Å². The van der Waals surface area contributed by atoms with Crippen LogP contribution in [0.5, 0.6) is 0 Å². The van der Waals surface area contributed by atoms with Crippen LogP contribution in [0, 0.1) is 13.8 Å². The first kappa shape index (κ1) is 19.2. The van der Waals surface area contributed by atoms with Gasteiger partial charge in [-0.15, -0.1) is 0 Å². The quantitative estimate of drug-likeness (QED) is 0.404. The normalized spacial score (nSPS) is 11.3. The van der Waals surface area contributed by atoms with Gasteiger partial charge in [0.15, 0.2) is 0 Å². The zero-order chi connectivity index (χ0) is 21.7. The molecule has 0 unspecified atom stereocenters. The third-order valence-corrected chi connectivity index (χ3v) is 5.61. The first-order valence-electron chi connectivity index (χ1n) is 9.67. The molecule has 0 saturated carbocycles. The first-order chi connectivity index (χ1) is 14.9. The number of aromatic carboxylic acids is 1. The lowest BCUT2D eigenvalue weighted by Crippen LogP contribution is -2.02. The lowest BCUT2D eigenvalue weighted by atomic mass is 10.0. The summed E-state index contributed by atoms with van der Waals surface area (Å²) in [4.78, 5) is 25.4. The molecule has 0 bridgehead atoms. The van der Waals surface area contributed by atoms with Crippen LogP contribution in [0.2, 0.25) is 5.02 Å². The average molecular weight is 429 g/mol. The van der Waals surface area contributed by atoms with Gasteiger partial charge in [0.25, 0.3) is 0 Å². The van der Waals surface area contributed by atoms with Crippen molar-refractivity contribution in [2.24, 2.45) is 0 Å². The number of hydrogen-bond donors (Lipinski definition) is 1. The summed E-state index contributed by atoms with van der Waals surface area (Å²) in [5, 5.41) is 11.3. The van der Waals surface area contributed by atoms with Gasteiger partial charge in [-0.25, -0.2) is 9.78 Å². The Hall–Kier alpha value is -3.77. The second kappa shape index (κ2) is 7.18. The van der Waals surface area contributed by atoms with Gasteiger partial charge in [0.05, 0.1) is 27.3 Å². The minimum absolute atomic E-state index is 0.152. The van der Waals surface area contributed by atoms with Crippen molar-refractivity contribution in [3.8, 4) is 16.8 Å². The number of nitrogens with zero attached hydrogens (tertiary/aromatic N) is 4. The Bertz CT molecular complexity index is 1490. The highest BCUT2D eigenvalue weighted by Crippen LogP contribution is 2.34.